The Morgan fingerprint density at radius 1 is 1.07 bits per heavy atom. The van der Waals surface area contributed by atoms with Gasteiger partial charge in [0, 0.05) is 36.5 Å². The van der Waals surface area contributed by atoms with Crippen molar-refractivity contribution in [2.75, 3.05) is 36.7 Å². The first-order valence-electron chi connectivity index (χ1n) is 9.54. The van der Waals surface area contributed by atoms with E-state index in [0.717, 1.165) is 42.6 Å². The number of hydrogen-bond donors (Lipinski definition) is 1. The average Bonchev–Trinajstić information content (AvgIpc) is 2.74. The molecule has 1 aromatic heterocycles. The van der Waals surface area contributed by atoms with Crippen LogP contribution in [0.4, 0.5) is 11.5 Å². The van der Waals surface area contributed by atoms with Crippen LogP contribution in [0.5, 0.6) is 5.75 Å². The van der Waals surface area contributed by atoms with Gasteiger partial charge in [0.15, 0.2) is 9.84 Å². The van der Waals surface area contributed by atoms with Gasteiger partial charge in [-0.15, -0.1) is 0 Å². The molecule has 0 unspecified atom stereocenters. The largest absolute Gasteiger partial charge is 0.497 e. The zero-order valence-corrected chi connectivity index (χ0v) is 17.3. The van der Waals surface area contributed by atoms with Gasteiger partial charge in [-0.3, -0.25) is 0 Å². The number of ether oxygens (including phenoxy) is 1. The van der Waals surface area contributed by atoms with Crippen LogP contribution in [0.15, 0.2) is 53.7 Å². The maximum absolute atomic E-state index is 11.9. The highest BCUT2D eigenvalue weighted by Gasteiger charge is 2.21. The molecule has 29 heavy (non-hydrogen) atoms. The van der Waals surface area contributed by atoms with Crippen molar-refractivity contribution >= 4 is 32.2 Å². The number of aromatic nitrogens is 2. The molecule has 0 atom stereocenters. The lowest BCUT2D eigenvalue weighted by molar-refractivity contribution is 0.414. The molecule has 0 spiro atoms. The summed E-state index contributed by atoms with van der Waals surface area (Å²) in [5.41, 5.74) is 1.92. The van der Waals surface area contributed by atoms with Gasteiger partial charge in [-0.05, 0) is 55.3 Å². The molecule has 7 nitrogen and oxygen atoms in total. The molecule has 8 heteroatoms. The third kappa shape index (κ3) is 4.27. The molecule has 2 heterocycles. The summed E-state index contributed by atoms with van der Waals surface area (Å²) < 4.78 is 29.1. The van der Waals surface area contributed by atoms with E-state index in [4.69, 9.17) is 4.74 Å². The minimum Gasteiger partial charge on any atom is -0.497 e. The van der Waals surface area contributed by atoms with E-state index in [1.165, 1.54) is 18.3 Å². The van der Waals surface area contributed by atoms with E-state index in [9.17, 15) is 8.42 Å². The Balaban J connectivity index is 1.48. The summed E-state index contributed by atoms with van der Waals surface area (Å²) in [6, 6.07) is 13.4. The van der Waals surface area contributed by atoms with Gasteiger partial charge in [0.2, 0.25) is 0 Å². The molecule has 1 N–H and O–H groups in total. The SMILES string of the molecule is COc1ccc(N2CCC(Nc3ncnc4ccc(S(C)(=O)=O)cc34)CC2)cc1. The number of hydrogen-bond acceptors (Lipinski definition) is 7. The molecule has 152 valence electrons. The van der Waals surface area contributed by atoms with Crippen molar-refractivity contribution in [3.63, 3.8) is 0 Å². The van der Waals surface area contributed by atoms with Crippen LogP contribution in [0.3, 0.4) is 0 Å². The number of piperidine rings is 1. The Kier molecular flexibility index (Phi) is 5.27. The normalized spacial score (nSPS) is 15.4. The van der Waals surface area contributed by atoms with Gasteiger partial charge in [0.25, 0.3) is 0 Å². The standard InChI is InChI=1S/C21H24N4O3S/c1-28-17-5-3-16(4-6-17)25-11-9-15(10-12-25)24-21-19-13-18(29(2,26)27)7-8-20(19)22-14-23-21/h3-8,13-15H,9-12H2,1-2H3,(H,22,23,24). The molecule has 0 amide bonds. The van der Waals surface area contributed by atoms with Crippen LogP contribution in [0, 0.1) is 0 Å². The predicted molar refractivity (Wildman–Crippen MR) is 114 cm³/mol. The van der Waals surface area contributed by atoms with Gasteiger partial charge < -0.3 is 15.0 Å². The molecule has 1 aliphatic rings. The summed E-state index contributed by atoms with van der Waals surface area (Å²) in [5, 5.41) is 4.23. The first-order valence-corrected chi connectivity index (χ1v) is 11.4. The first kappa shape index (κ1) is 19.4. The lowest BCUT2D eigenvalue weighted by Gasteiger charge is -2.34. The lowest BCUT2D eigenvalue weighted by Crippen LogP contribution is -2.39. The number of methoxy groups -OCH3 is 1. The second kappa shape index (κ2) is 7.87. The number of sulfone groups is 1. The summed E-state index contributed by atoms with van der Waals surface area (Å²) in [4.78, 5) is 11.3. The molecule has 1 aliphatic heterocycles. The number of nitrogens with zero attached hydrogens (tertiary/aromatic N) is 3. The van der Waals surface area contributed by atoms with E-state index >= 15 is 0 Å². The Morgan fingerprint density at radius 3 is 2.45 bits per heavy atom. The van der Waals surface area contributed by atoms with Crippen molar-refractivity contribution in [1.29, 1.82) is 0 Å². The van der Waals surface area contributed by atoms with Crippen molar-refractivity contribution in [3.05, 3.63) is 48.8 Å². The summed E-state index contributed by atoms with van der Waals surface area (Å²) in [7, 11) is -1.62. The molecule has 1 saturated heterocycles. The molecule has 0 aliphatic carbocycles. The smallest absolute Gasteiger partial charge is 0.175 e. The van der Waals surface area contributed by atoms with Crippen molar-refractivity contribution < 1.29 is 13.2 Å². The van der Waals surface area contributed by atoms with Gasteiger partial charge in [0.1, 0.15) is 17.9 Å². The summed E-state index contributed by atoms with van der Waals surface area (Å²) in [6.45, 7) is 1.86. The second-order valence-electron chi connectivity index (χ2n) is 7.28. The zero-order chi connectivity index (χ0) is 20.4. The Morgan fingerprint density at radius 2 is 1.79 bits per heavy atom. The fourth-order valence-corrected chi connectivity index (χ4v) is 4.30. The van der Waals surface area contributed by atoms with Crippen LogP contribution in [-0.4, -0.2) is 50.9 Å². The average molecular weight is 413 g/mol. The minimum absolute atomic E-state index is 0.268. The Bertz CT molecular complexity index is 1110. The van der Waals surface area contributed by atoms with Gasteiger partial charge in [-0.2, -0.15) is 0 Å². The maximum atomic E-state index is 11.9. The lowest BCUT2D eigenvalue weighted by atomic mass is 10.0. The number of nitrogens with one attached hydrogen (secondary N) is 1. The Hall–Kier alpha value is -2.87. The zero-order valence-electron chi connectivity index (χ0n) is 16.5. The topological polar surface area (TPSA) is 84.4 Å². The molecular formula is C21H24N4O3S. The molecule has 2 aromatic carbocycles. The fourth-order valence-electron chi connectivity index (χ4n) is 3.65. The number of fused-ring (bicyclic) bond motifs is 1. The number of anilines is 2. The van der Waals surface area contributed by atoms with E-state index in [1.807, 2.05) is 12.1 Å². The third-order valence-corrected chi connectivity index (χ3v) is 6.42. The first-order chi connectivity index (χ1) is 13.9. The van der Waals surface area contributed by atoms with Crippen LogP contribution in [0.1, 0.15) is 12.8 Å². The predicted octanol–water partition coefficient (Wildman–Crippen LogP) is 3.12. The minimum atomic E-state index is -3.29. The molecule has 1 fully saturated rings. The molecular weight excluding hydrogens is 388 g/mol. The van der Waals surface area contributed by atoms with Gasteiger partial charge >= 0.3 is 0 Å². The molecule has 0 radical (unpaired) electrons. The van der Waals surface area contributed by atoms with E-state index in [-0.39, 0.29) is 10.9 Å². The Labute approximate surface area is 170 Å². The van der Waals surface area contributed by atoms with Gasteiger partial charge in [-0.25, -0.2) is 18.4 Å². The van der Waals surface area contributed by atoms with E-state index in [1.54, 1.807) is 25.3 Å². The summed E-state index contributed by atoms with van der Waals surface area (Å²) in [6.07, 6.45) is 4.64. The monoisotopic (exact) mass is 412 g/mol. The van der Waals surface area contributed by atoms with Crippen LogP contribution in [-0.2, 0) is 9.84 Å². The summed E-state index contributed by atoms with van der Waals surface area (Å²) >= 11 is 0. The fraction of sp³-hybridized carbons (Fsp3) is 0.333. The number of rotatable bonds is 5. The van der Waals surface area contributed by atoms with Gasteiger partial charge in [-0.1, -0.05) is 0 Å². The van der Waals surface area contributed by atoms with Crippen molar-refractivity contribution in [2.45, 2.75) is 23.8 Å². The molecule has 3 aromatic rings. The third-order valence-electron chi connectivity index (χ3n) is 5.31. The van der Waals surface area contributed by atoms with E-state index in [0.29, 0.717) is 5.82 Å². The van der Waals surface area contributed by atoms with Gasteiger partial charge in [0.05, 0.1) is 17.5 Å². The molecule has 4 rings (SSSR count). The van der Waals surface area contributed by atoms with Crippen LogP contribution < -0.4 is 15.0 Å². The highest BCUT2D eigenvalue weighted by atomic mass is 32.2. The second-order valence-corrected chi connectivity index (χ2v) is 9.29. The van der Waals surface area contributed by atoms with Crippen molar-refractivity contribution in [3.8, 4) is 5.75 Å². The van der Waals surface area contributed by atoms with E-state index < -0.39 is 9.84 Å². The highest BCUT2D eigenvalue weighted by molar-refractivity contribution is 7.90. The van der Waals surface area contributed by atoms with Crippen molar-refractivity contribution in [1.82, 2.24) is 9.97 Å². The number of benzene rings is 2. The van der Waals surface area contributed by atoms with Crippen LogP contribution >= 0.6 is 0 Å². The summed E-state index contributed by atoms with van der Waals surface area (Å²) in [5.74, 6) is 1.54. The molecule has 0 bridgehead atoms. The van der Waals surface area contributed by atoms with Crippen LogP contribution in [0.25, 0.3) is 10.9 Å². The maximum Gasteiger partial charge on any atom is 0.175 e. The van der Waals surface area contributed by atoms with Crippen molar-refractivity contribution in [2.24, 2.45) is 0 Å². The quantitative estimate of drug-likeness (QED) is 0.689. The highest BCUT2D eigenvalue weighted by Crippen LogP contribution is 2.27. The molecule has 0 saturated carbocycles. The van der Waals surface area contributed by atoms with E-state index in [2.05, 4.69) is 32.3 Å². The van der Waals surface area contributed by atoms with Crippen LogP contribution in [0.2, 0.25) is 0 Å².